The molecule has 1 aliphatic heterocycles. The number of sulfonamides is 1. The summed E-state index contributed by atoms with van der Waals surface area (Å²) in [5.74, 6) is 0. The van der Waals surface area contributed by atoms with Crippen LogP contribution in [0.2, 0.25) is 0 Å². The number of ether oxygens (including phenoxy) is 1. The number of hydrogen-bond donors (Lipinski definition) is 2. The van der Waals surface area contributed by atoms with Crippen LogP contribution in [0.1, 0.15) is 12.8 Å². The Morgan fingerprint density at radius 2 is 2.00 bits per heavy atom. The van der Waals surface area contributed by atoms with Crippen LogP contribution in [0.5, 0.6) is 0 Å². The van der Waals surface area contributed by atoms with Gasteiger partial charge in [-0.15, -0.1) is 0 Å². The van der Waals surface area contributed by atoms with Gasteiger partial charge in [0.2, 0.25) is 10.0 Å². The molecule has 0 amide bonds. The highest BCUT2D eigenvalue weighted by molar-refractivity contribution is 7.89. The molecule has 0 atom stereocenters. The number of benzene rings is 1. The Morgan fingerprint density at radius 3 is 2.62 bits per heavy atom. The first kappa shape index (κ1) is 16.2. The van der Waals surface area contributed by atoms with Gasteiger partial charge in [0, 0.05) is 20.1 Å². The van der Waals surface area contributed by atoms with Gasteiger partial charge in [0.15, 0.2) is 0 Å². The van der Waals surface area contributed by atoms with Crippen LogP contribution in [0.3, 0.4) is 0 Å². The van der Waals surface area contributed by atoms with E-state index in [0.717, 1.165) is 0 Å². The molecule has 0 bridgehead atoms. The van der Waals surface area contributed by atoms with E-state index in [1.165, 1.54) is 4.31 Å². The maximum absolute atomic E-state index is 12.7. The zero-order valence-corrected chi connectivity index (χ0v) is 13.0. The second-order valence-electron chi connectivity index (χ2n) is 4.94. The van der Waals surface area contributed by atoms with Crippen LogP contribution in [0.15, 0.2) is 29.2 Å². The predicted molar refractivity (Wildman–Crippen MR) is 80.8 cm³/mol. The molecule has 6 nitrogen and oxygen atoms in total. The number of rotatable bonds is 6. The molecule has 0 aliphatic carbocycles. The summed E-state index contributed by atoms with van der Waals surface area (Å²) in [5, 5.41) is 11.7. The zero-order valence-electron chi connectivity index (χ0n) is 12.2. The molecule has 0 saturated carbocycles. The van der Waals surface area contributed by atoms with Crippen LogP contribution in [0, 0.1) is 0 Å². The van der Waals surface area contributed by atoms with Crippen molar-refractivity contribution in [1.29, 1.82) is 0 Å². The van der Waals surface area contributed by atoms with Crippen molar-refractivity contribution in [2.45, 2.75) is 23.8 Å². The molecule has 1 heterocycles. The second-order valence-corrected chi connectivity index (χ2v) is 6.85. The SMILES string of the molecule is CNc1ccccc1S(=O)(=O)N1CCC(OCCO)CC1. The van der Waals surface area contributed by atoms with Crippen molar-refractivity contribution in [2.24, 2.45) is 0 Å². The van der Waals surface area contributed by atoms with E-state index in [-0.39, 0.29) is 12.7 Å². The molecule has 0 aromatic heterocycles. The topological polar surface area (TPSA) is 78.9 Å². The molecule has 1 aromatic carbocycles. The summed E-state index contributed by atoms with van der Waals surface area (Å²) in [7, 11) is -1.77. The van der Waals surface area contributed by atoms with Crippen molar-refractivity contribution in [3.8, 4) is 0 Å². The van der Waals surface area contributed by atoms with E-state index < -0.39 is 10.0 Å². The first-order chi connectivity index (χ1) is 10.1. The molecular weight excluding hydrogens is 292 g/mol. The highest BCUT2D eigenvalue weighted by Gasteiger charge is 2.30. The van der Waals surface area contributed by atoms with E-state index >= 15 is 0 Å². The van der Waals surface area contributed by atoms with Gasteiger partial charge in [0.1, 0.15) is 4.90 Å². The minimum Gasteiger partial charge on any atom is -0.394 e. The fourth-order valence-electron chi connectivity index (χ4n) is 2.50. The molecule has 1 aliphatic rings. The lowest BCUT2D eigenvalue weighted by Gasteiger charge is -2.31. The standard InChI is InChI=1S/C14H22N2O4S/c1-15-13-4-2-3-5-14(13)21(18,19)16-8-6-12(7-9-16)20-11-10-17/h2-5,12,15,17H,6-11H2,1H3. The molecule has 21 heavy (non-hydrogen) atoms. The average Bonchev–Trinajstić information content (AvgIpc) is 2.53. The molecular formula is C14H22N2O4S. The minimum absolute atomic E-state index is 0.00590. The van der Waals surface area contributed by atoms with Gasteiger partial charge in [-0.05, 0) is 25.0 Å². The van der Waals surface area contributed by atoms with Gasteiger partial charge in [-0.25, -0.2) is 8.42 Å². The molecule has 0 unspecified atom stereocenters. The Kier molecular flexibility index (Phi) is 5.58. The number of nitrogens with zero attached hydrogens (tertiary/aromatic N) is 1. The van der Waals surface area contributed by atoms with Gasteiger partial charge in [-0.3, -0.25) is 0 Å². The summed E-state index contributed by atoms with van der Waals surface area (Å²) in [4.78, 5) is 0.308. The fourth-order valence-corrected chi connectivity index (χ4v) is 4.16. The lowest BCUT2D eigenvalue weighted by Crippen LogP contribution is -2.41. The molecule has 118 valence electrons. The van der Waals surface area contributed by atoms with E-state index in [2.05, 4.69) is 5.32 Å². The lowest BCUT2D eigenvalue weighted by molar-refractivity contribution is 0.00319. The zero-order chi connectivity index (χ0) is 15.3. The van der Waals surface area contributed by atoms with Gasteiger partial charge in [0.25, 0.3) is 0 Å². The van der Waals surface area contributed by atoms with Crippen LogP contribution in [0.4, 0.5) is 5.69 Å². The number of nitrogens with one attached hydrogen (secondary N) is 1. The Labute approximate surface area is 125 Å². The van der Waals surface area contributed by atoms with Crippen LogP contribution in [-0.4, -0.2) is 57.3 Å². The number of aliphatic hydroxyl groups excluding tert-OH is 1. The third-order valence-corrected chi connectivity index (χ3v) is 5.58. The van der Waals surface area contributed by atoms with Gasteiger partial charge >= 0.3 is 0 Å². The number of piperidine rings is 1. The maximum atomic E-state index is 12.7. The molecule has 1 saturated heterocycles. The van der Waals surface area contributed by atoms with E-state index in [0.29, 0.717) is 43.1 Å². The Balaban J connectivity index is 2.08. The quantitative estimate of drug-likeness (QED) is 0.815. The molecule has 0 spiro atoms. The van der Waals surface area contributed by atoms with Crippen molar-refractivity contribution in [2.75, 3.05) is 38.7 Å². The van der Waals surface area contributed by atoms with Crippen molar-refractivity contribution in [1.82, 2.24) is 4.31 Å². The summed E-state index contributed by atoms with van der Waals surface area (Å²) in [5.41, 5.74) is 0.608. The van der Waals surface area contributed by atoms with Crippen LogP contribution < -0.4 is 5.32 Å². The maximum Gasteiger partial charge on any atom is 0.245 e. The smallest absolute Gasteiger partial charge is 0.245 e. The van der Waals surface area contributed by atoms with E-state index in [1.807, 2.05) is 0 Å². The molecule has 1 aromatic rings. The Bertz CT molecular complexity index is 554. The molecule has 2 N–H and O–H groups in total. The molecule has 1 fully saturated rings. The summed E-state index contributed by atoms with van der Waals surface area (Å²) < 4.78 is 32.3. The highest BCUT2D eigenvalue weighted by atomic mass is 32.2. The van der Waals surface area contributed by atoms with Crippen molar-refractivity contribution >= 4 is 15.7 Å². The first-order valence-electron chi connectivity index (χ1n) is 7.09. The Morgan fingerprint density at radius 1 is 1.33 bits per heavy atom. The van der Waals surface area contributed by atoms with E-state index in [4.69, 9.17) is 9.84 Å². The molecule has 0 radical (unpaired) electrons. The average molecular weight is 314 g/mol. The van der Waals surface area contributed by atoms with Gasteiger partial charge in [-0.2, -0.15) is 4.31 Å². The number of hydrogen-bond acceptors (Lipinski definition) is 5. The molecule has 7 heteroatoms. The first-order valence-corrected chi connectivity index (χ1v) is 8.53. The van der Waals surface area contributed by atoms with Crippen molar-refractivity contribution in [3.63, 3.8) is 0 Å². The number of aliphatic hydroxyl groups is 1. The van der Waals surface area contributed by atoms with E-state index in [1.54, 1.807) is 31.3 Å². The number of anilines is 1. The number of para-hydroxylation sites is 1. The monoisotopic (exact) mass is 314 g/mol. The van der Waals surface area contributed by atoms with Gasteiger partial charge < -0.3 is 15.2 Å². The van der Waals surface area contributed by atoms with E-state index in [9.17, 15) is 8.42 Å². The van der Waals surface area contributed by atoms with Gasteiger partial charge in [0.05, 0.1) is 25.0 Å². The highest BCUT2D eigenvalue weighted by Crippen LogP contribution is 2.27. The molecule has 2 rings (SSSR count). The van der Waals surface area contributed by atoms with Crippen LogP contribution in [0.25, 0.3) is 0 Å². The minimum atomic E-state index is -3.48. The fraction of sp³-hybridized carbons (Fsp3) is 0.571. The summed E-state index contributed by atoms with van der Waals surface area (Å²) in [6, 6.07) is 6.91. The summed E-state index contributed by atoms with van der Waals surface area (Å²) >= 11 is 0. The van der Waals surface area contributed by atoms with Crippen LogP contribution >= 0.6 is 0 Å². The Hall–Kier alpha value is -1.15. The third kappa shape index (κ3) is 3.74. The van der Waals surface area contributed by atoms with Crippen molar-refractivity contribution in [3.05, 3.63) is 24.3 Å². The predicted octanol–water partition coefficient (Wildman–Crippen LogP) is 0.890. The third-order valence-electron chi connectivity index (χ3n) is 3.62. The largest absolute Gasteiger partial charge is 0.394 e. The lowest BCUT2D eigenvalue weighted by atomic mass is 10.1. The van der Waals surface area contributed by atoms with Crippen molar-refractivity contribution < 1.29 is 18.3 Å². The summed E-state index contributed by atoms with van der Waals surface area (Å²) in [6.07, 6.45) is 1.34. The van der Waals surface area contributed by atoms with Crippen LogP contribution in [-0.2, 0) is 14.8 Å². The second kappa shape index (κ2) is 7.22. The normalized spacial score (nSPS) is 17.8. The summed E-state index contributed by atoms with van der Waals surface area (Å²) in [6.45, 7) is 1.18. The van der Waals surface area contributed by atoms with Gasteiger partial charge in [-0.1, -0.05) is 12.1 Å².